The van der Waals surface area contributed by atoms with Crippen molar-refractivity contribution in [3.63, 3.8) is 0 Å². The number of sulfonamides is 1. The number of aromatic carboxylic acids is 1. The van der Waals surface area contributed by atoms with Gasteiger partial charge in [0.05, 0.1) is 29.9 Å². The van der Waals surface area contributed by atoms with Crippen LogP contribution in [0.1, 0.15) is 49.9 Å². The summed E-state index contributed by atoms with van der Waals surface area (Å²) in [5, 5.41) is 10.3. The number of anilines is 1. The highest BCUT2D eigenvalue weighted by Gasteiger charge is 2.65. The van der Waals surface area contributed by atoms with Crippen LogP contribution in [0.15, 0.2) is 58.4 Å². The van der Waals surface area contributed by atoms with Gasteiger partial charge in [-0.25, -0.2) is 9.78 Å². The molecule has 4 rings (SSSR count). The fourth-order valence-corrected chi connectivity index (χ4v) is 7.99. The van der Waals surface area contributed by atoms with Crippen LogP contribution < -0.4 is 9.04 Å². The van der Waals surface area contributed by atoms with Gasteiger partial charge in [-0.1, -0.05) is 38.2 Å². The van der Waals surface area contributed by atoms with E-state index in [0.717, 1.165) is 29.5 Å². The number of nitrogens with zero attached hydrogens (tertiary/aromatic N) is 2. The molecule has 2 unspecified atom stereocenters. The van der Waals surface area contributed by atoms with Crippen LogP contribution in [-0.4, -0.2) is 43.8 Å². The molecule has 2 aromatic rings. The predicted molar refractivity (Wildman–Crippen MR) is 138 cm³/mol. The fourth-order valence-electron chi connectivity index (χ4n) is 5.51. The summed E-state index contributed by atoms with van der Waals surface area (Å²) in [7, 11) is -3.45. The number of rotatable bonds is 7. The van der Waals surface area contributed by atoms with Gasteiger partial charge in [-0.2, -0.15) is 21.6 Å². The molecule has 1 saturated carbocycles. The highest BCUT2D eigenvalue weighted by molar-refractivity contribution is 7.92. The molecule has 12 heteroatoms. The van der Waals surface area contributed by atoms with E-state index in [2.05, 4.69) is 4.98 Å². The van der Waals surface area contributed by atoms with Crippen molar-refractivity contribution in [2.24, 2.45) is 16.7 Å². The molecule has 1 heterocycles. The number of hydrogen-bond donors (Lipinski definition) is 1. The Hall–Kier alpha value is -2.86. The second-order valence-electron chi connectivity index (χ2n) is 10.4. The number of benzene rings is 1. The zero-order chi connectivity index (χ0) is 27.9. The number of thiazole rings is 1. The van der Waals surface area contributed by atoms with Gasteiger partial charge < -0.3 is 9.84 Å². The summed E-state index contributed by atoms with van der Waals surface area (Å²) < 4.78 is 80.2. The SMILES string of the molecule is COc1cc(C(=O)O)ccc1N(C1C=CC=CC1(C1CCC(C)(C)CC1)C(F)(F)F)S(=O)(=O)c1cscn1. The van der Waals surface area contributed by atoms with Crippen LogP contribution in [0, 0.1) is 16.7 Å². The van der Waals surface area contributed by atoms with Crippen LogP contribution in [0.3, 0.4) is 0 Å². The number of hydrogen-bond acceptors (Lipinski definition) is 6. The van der Waals surface area contributed by atoms with E-state index >= 15 is 13.2 Å². The number of alkyl halides is 3. The van der Waals surface area contributed by atoms with Crippen molar-refractivity contribution in [1.82, 2.24) is 4.98 Å². The van der Waals surface area contributed by atoms with Gasteiger partial charge in [0.15, 0.2) is 5.03 Å². The highest BCUT2D eigenvalue weighted by atomic mass is 32.2. The fraction of sp³-hybridized carbons (Fsp3) is 0.462. The normalized spacial score (nSPS) is 23.8. The van der Waals surface area contributed by atoms with Crippen molar-refractivity contribution >= 4 is 33.0 Å². The van der Waals surface area contributed by atoms with Gasteiger partial charge in [-0.3, -0.25) is 4.31 Å². The first-order chi connectivity index (χ1) is 17.7. The maximum Gasteiger partial charge on any atom is 0.400 e. The minimum absolute atomic E-state index is 0.116. The van der Waals surface area contributed by atoms with Crippen LogP contribution in [0.2, 0.25) is 0 Å². The summed E-state index contributed by atoms with van der Waals surface area (Å²) in [4.78, 5) is 15.5. The molecule has 0 aliphatic heterocycles. The Kier molecular flexibility index (Phi) is 7.43. The van der Waals surface area contributed by atoms with Crippen molar-refractivity contribution in [2.45, 2.75) is 56.8 Å². The summed E-state index contributed by atoms with van der Waals surface area (Å²) in [6, 6.07) is 1.70. The first-order valence-electron chi connectivity index (χ1n) is 12.0. The van der Waals surface area contributed by atoms with Crippen LogP contribution in [0.4, 0.5) is 18.9 Å². The van der Waals surface area contributed by atoms with Gasteiger partial charge in [0.1, 0.15) is 11.2 Å². The average molecular weight is 571 g/mol. The third-order valence-corrected chi connectivity index (χ3v) is 10.1. The molecule has 7 nitrogen and oxygen atoms in total. The zero-order valence-electron chi connectivity index (χ0n) is 21.1. The molecule has 0 spiro atoms. The Morgan fingerprint density at radius 1 is 1.21 bits per heavy atom. The number of aromatic nitrogens is 1. The van der Waals surface area contributed by atoms with Gasteiger partial charge in [-0.15, -0.1) is 11.3 Å². The molecule has 206 valence electrons. The Balaban J connectivity index is 1.98. The first kappa shape index (κ1) is 28.2. The van der Waals surface area contributed by atoms with E-state index in [1.165, 1.54) is 42.3 Å². The maximum absolute atomic E-state index is 15.4. The summed E-state index contributed by atoms with van der Waals surface area (Å²) in [5.74, 6) is -2.37. The van der Waals surface area contributed by atoms with E-state index in [9.17, 15) is 18.3 Å². The van der Waals surface area contributed by atoms with Gasteiger partial charge >= 0.3 is 12.1 Å². The molecule has 2 aliphatic carbocycles. The van der Waals surface area contributed by atoms with Crippen molar-refractivity contribution in [1.29, 1.82) is 0 Å². The van der Waals surface area contributed by atoms with E-state index in [-0.39, 0.29) is 35.3 Å². The number of allylic oxidation sites excluding steroid dienone is 2. The second-order valence-corrected chi connectivity index (χ2v) is 12.9. The first-order valence-corrected chi connectivity index (χ1v) is 14.4. The van der Waals surface area contributed by atoms with Gasteiger partial charge in [0.2, 0.25) is 0 Å². The van der Waals surface area contributed by atoms with Crippen LogP contribution in [0.25, 0.3) is 0 Å². The minimum Gasteiger partial charge on any atom is -0.495 e. The lowest BCUT2D eigenvalue weighted by molar-refractivity contribution is -0.231. The molecule has 1 aromatic carbocycles. The second kappa shape index (κ2) is 10.0. The van der Waals surface area contributed by atoms with Crippen LogP contribution >= 0.6 is 11.3 Å². The summed E-state index contributed by atoms with van der Waals surface area (Å²) >= 11 is 0.995. The molecule has 1 aromatic heterocycles. The van der Waals surface area contributed by atoms with Crippen molar-refractivity contribution < 1.29 is 36.2 Å². The molecule has 0 radical (unpaired) electrons. The van der Waals surface area contributed by atoms with Crippen LogP contribution in [0.5, 0.6) is 5.75 Å². The van der Waals surface area contributed by atoms with E-state index in [0.29, 0.717) is 17.1 Å². The number of carbonyl (C=O) groups is 1. The quantitative estimate of drug-likeness (QED) is 0.419. The Morgan fingerprint density at radius 3 is 2.45 bits per heavy atom. The smallest absolute Gasteiger partial charge is 0.400 e. The molecule has 38 heavy (non-hydrogen) atoms. The van der Waals surface area contributed by atoms with Gasteiger partial charge in [-0.05, 0) is 55.2 Å². The van der Waals surface area contributed by atoms with Gasteiger partial charge in [0.25, 0.3) is 10.0 Å². The molecule has 1 N–H and O–H groups in total. The monoisotopic (exact) mass is 570 g/mol. The molecule has 0 amide bonds. The average Bonchev–Trinajstić information content (AvgIpc) is 3.40. The maximum atomic E-state index is 15.4. The van der Waals surface area contributed by atoms with Crippen molar-refractivity contribution in [2.75, 3.05) is 11.4 Å². The highest BCUT2D eigenvalue weighted by Crippen LogP contribution is 2.58. The van der Waals surface area contributed by atoms with E-state index in [4.69, 9.17) is 4.74 Å². The Labute approximate surface area is 223 Å². The number of carboxylic acids is 1. The number of halogens is 3. The minimum atomic E-state index is -4.81. The molecule has 0 saturated heterocycles. The largest absolute Gasteiger partial charge is 0.495 e. The van der Waals surface area contributed by atoms with E-state index in [1.807, 2.05) is 13.8 Å². The lowest BCUT2D eigenvalue weighted by Crippen LogP contribution is -2.60. The van der Waals surface area contributed by atoms with E-state index in [1.54, 1.807) is 0 Å². The van der Waals surface area contributed by atoms with Crippen molar-refractivity contribution in [3.8, 4) is 5.75 Å². The number of carboxylic acid groups (broad SMARTS) is 1. The standard InChI is InChI=1S/C26H29F3N2O5S2/c1-24(2)12-9-18(10-13-24)25(26(27,28)29)11-5-4-6-21(25)31(38(34,35)22-15-37-16-30-22)19-8-7-17(23(32)33)14-20(19)36-3/h4-8,11,14-16,18,21H,9-10,12-13H2,1-3H3,(H,32,33). The van der Waals surface area contributed by atoms with Gasteiger partial charge in [0, 0.05) is 5.38 Å². The molecule has 2 aliphatic rings. The molecule has 2 atom stereocenters. The van der Waals surface area contributed by atoms with Crippen molar-refractivity contribution in [3.05, 3.63) is 59.0 Å². The molecular weight excluding hydrogens is 541 g/mol. The molecule has 0 bridgehead atoms. The Morgan fingerprint density at radius 2 is 1.89 bits per heavy atom. The predicted octanol–water partition coefficient (Wildman–Crippen LogP) is 6.30. The summed E-state index contributed by atoms with van der Waals surface area (Å²) in [6.45, 7) is 4.04. The number of ether oxygens (including phenoxy) is 1. The Bertz CT molecular complexity index is 1340. The lowest BCUT2D eigenvalue weighted by atomic mass is 9.59. The number of methoxy groups -OCH3 is 1. The van der Waals surface area contributed by atoms with E-state index < -0.39 is 44.6 Å². The topological polar surface area (TPSA) is 96.8 Å². The zero-order valence-corrected chi connectivity index (χ0v) is 22.7. The summed E-state index contributed by atoms with van der Waals surface area (Å²) in [5.41, 5.74) is -1.78. The van der Waals surface area contributed by atoms with Crippen LogP contribution in [-0.2, 0) is 10.0 Å². The lowest BCUT2D eigenvalue weighted by Gasteiger charge is -2.51. The third-order valence-electron chi connectivity index (χ3n) is 7.62. The third kappa shape index (κ3) is 4.84. The summed E-state index contributed by atoms with van der Waals surface area (Å²) in [6.07, 6.45) is 1.91. The molecular formula is C26H29F3N2O5S2. The molecule has 1 fully saturated rings.